The molecule has 114 valence electrons. The number of aliphatic imine (C=N–C) groups is 1. The lowest BCUT2D eigenvalue weighted by Gasteiger charge is -2.55. The molecule has 2 atom stereocenters. The van der Waals surface area contributed by atoms with E-state index in [0.717, 1.165) is 25.8 Å². The molecular weight excluding hydrogens is 353 g/mol. The zero-order chi connectivity index (χ0) is 13.8. The molecule has 1 saturated carbocycles. The lowest BCUT2D eigenvalue weighted by Crippen LogP contribution is -2.65. The summed E-state index contributed by atoms with van der Waals surface area (Å²) in [5.41, 5.74) is 6.16. The average Bonchev–Trinajstić information content (AvgIpc) is 2.33. The van der Waals surface area contributed by atoms with Crippen molar-refractivity contribution in [1.82, 2.24) is 5.32 Å². The normalized spacial score (nSPS) is 25.7. The highest BCUT2D eigenvalue weighted by Crippen LogP contribution is 2.48. The summed E-state index contributed by atoms with van der Waals surface area (Å²) in [6.45, 7) is 9.52. The quantitative estimate of drug-likeness (QED) is 0.421. The second-order valence-corrected chi connectivity index (χ2v) is 5.72. The second kappa shape index (κ2) is 8.29. The van der Waals surface area contributed by atoms with E-state index in [-0.39, 0.29) is 29.4 Å². The van der Waals surface area contributed by atoms with Crippen molar-refractivity contribution in [3.05, 3.63) is 0 Å². The van der Waals surface area contributed by atoms with Gasteiger partial charge in [-0.05, 0) is 25.2 Å². The lowest BCUT2D eigenvalue weighted by molar-refractivity contribution is -0.118. The molecule has 4 nitrogen and oxygen atoms in total. The monoisotopic (exact) mass is 383 g/mol. The minimum absolute atomic E-state index is 0. The van der Waals surface area contributed by atoms with Crippen LogP contribution in [-0.4, -0.2) is 31.8 Å². The molecular formula is C14H30IN3O. The first-order chi connectivity index (χ1) is 8.50. The molecule has 0 aromatic heterocycles. The first-order valence-electron chi connectivity index (χ1n) is 7.09. The molecule has 0 radical (unpaired) electrons. The first-order valence-corrected chi connectivity index (χ1v) is 7.09. The fraction of sp³-hybridized carbons (Fsp3) is 0.929. The lowest BCUT2D eigenvalue weighted by atomic mass is 9.58. The Bertz CT molecular complexity index is 290. The van der Waals surface area contributed by atoms with Crippen LogP contribution < -0.4 is 11.1 Å². The Balaban J connectivity index is 0.00000324. The minimum Gasteiger partial charge on any atom is -0.381 e. The van der Waals surface area contributed by atoms with E-state index in [9.17, 15) is 0 Å². The maximum absolute atomic E-state index is 5.95. The van der Waals surface area contributed by atoms with Crippen LogP contribution in [0.5, 0.6) is 0 Å². The number of hydrogen-bond acceptors (Lipinski definition) is 2. The third-order valence-electron chi connectivity index (χ3n) is 4.33. The van der Waals surface area contributed by atoms with Gasteiger partial charge in [-0.1, -0.05) is 27.7 Å². The van der Waals surface area contributed by atoms with Crippen molar-refractivity contribution in [1.29, 1.82) is 0 Å². The summed E-state index contributed by atoms with van der Waals surface area (Å²) < 4.78 is 5.57. The molecule has 0 heterocycles. The van der Waals surface area contributed by atoms with Gasteiger partial charge in [0.15, 0.2) is 5.96 Å². The number of ether oxygens (including phenoxy) is 1. The smallest absolute Gasteiger partial charge is 0.188 e. The number of hydrogen-bond donors (Lipinski definition) is 2. The van der Waals surface area contributed by atoms with Crippen LogP contribution in [0, 0.1) is 11.3 Å². The van der Waals surface area contributed by atoms with Gasteiger partial charge in [-0.3, -0.25) is 4.99 Å². The third kappa shape index (κ3) is 4.21. The number of guanidine groups is 1. The summed E-state index contributed by atoms with van der Waals surface area (Å²) in [6.07, 6.45) is 3.59. The average molecular weight is 383 g/mol. The summed E-state index contributed by atoms with van der Waals surface area (Å²) in [4.78, 5) is 4.37. The molecule has 1 aliphatic rings. The van der Waals surface area contributed by atoms with Crippen LogP contribution in [0.25, 0.3) is 0 Å². The summed E-state index contributed by atoms with van der Waals surface area (Å²) in [5, 5.41) is 3.38. The van der Waals surface area contributed by atoms with E-state index in [2.05, 4.69) is 38.0 Å². The van der Waals surface area contributed by atoms with Crippen molar-refractivity contribution in [2.24, 2.45) is 22.1 Å². The van der Waals surface area contributed by atoms with E-state index < -0.39 is 0 Å². The Morgan fingerprint density at radius 3 is 2.42 bits per heavy atom. The molecule has 1 fully saturated rings. The van der Waals surface area contributed by atoms with E-state index in [1.807, 2.05) is 0 Å². The number of methoxy groups -OCH3 is 1. The number of rotatable bonds is 6. The van der Waals surface area contributed by atoms with E-state index in [1.54, 1.807) is 7.11 Å². The maximum atomic E-state index is 5.95. The molecule has 1 rings (SSSR count). The van der Waals surface area contributed by atoms with Crippen molar-refractivity contribution in [2.45, 2.75) is 59.1 Å². The summed E-state index contributed by atoms with van der Waals surface area (Å²) in [5.74, 6) is 1.12. The van der Waals surface area contributed by atoms with Crippen LogP contribution in [0.1, 0.15) is 47.0 Å². The van der Waals surface area contributed by atoms with Crippen molar-refractivity contribution < 1.29 is 4.74 Å². The van der Waals surface area contributed by atoms with E-state index in [4.69, 9.17) is 10.5 Å². The largest absolute Gasteiger partial charge is 0.381 e. The molecule has 3 N–H and O–H groups in total. The van der Waals surface area contributed by atoms with Gasteiger partial charge in [0.1, 0.15) is 0 Å². The van der Waals surface area contributed by atoms with Gasteiger partial charge in [-0.15, -0.1) is 24.0 Å². The molecule has 1 aliphatic carbocycles. The molecule has 5 heteroatoms. The molecule has 0 aliphatic heterocycles. The zero-order valence-corrected chi connectivity index (χ0v) is 15.2. The summed E-state index contributed by atoms with van der Waals surface area (Å²) in [6, 6.07) is 0.397. The number of nitrogens with zero attached hydrogens (tertiary/aromatic N) is 1. The third-order valence-corrected chi connectivity index (χ3v) is 4.33. The molecule has 0 aromatic carbocycles. The summed E-state index contributed by atoms with van der Waals surface area (Å²) in [7, 11) is 1.80. The minimum atomic E-state index is 0. The van der Waals surface area contributed by atoms with Crippen molar-refractivity contribution in [3.63, 3.8) is 0 Å². The Morgan fingerprint density at radius 2 is 2.00 bits per heavy atom. The number of nitrogens with two attached hydrogens (primary N) is 1. The zero-order valence-electron chi connectivity index (χ0n) is 12.9. The molecule has 0 spiro atoms. The Hall–Kier alpha value is -0.0400. The van der Waals surface area contributed by atoms with Crippen LogP contribution in [0.15, 0.2) is 4.99 Å². The highest BCUT2D eigenvalue weighted by molar-refractivity contribution is 14.0. The predicted octanol–water partition coefficient (Wildman–Crippen LogP) is 2.76. The fourth-order valence-corrected chi connectivity index (χ4v) is 2.98. The van der Waals surface area contributed by atoms with E-state index in [0.29, 0.717) is 24.0 Å². The number of nitrogens with one attached hydrogen (secondary N) is 1. The van der Waals surface area contributed by atoms with Gasteiger partial charge < -0.3 is 15.8 Å². The molecule has 2 unspecified atom stereocenters. The van der Waals surface area contributed by atoms with E-state index in [1.165, 1.54) is 0 Å². The van der Waals surface area contributed by atoms with Crippen LogP contribution in [0.3, 0.4) is 0 Å². The van der Waals surface area contributed by atoms with Crippen LogP contribution in [0.2, 0.25) is 0 Å². The van der Waals surface area contributed by atoms with Gasteiger partial charge in [0.05, 0.1) is 6.10 Å². The topological polar surface area (TPSA) is 59.6 Å². The SMILES string of the molecule is CCC1(CC)C(NC(N)=NCC(C)C)CC1OC.I. The molecule has 0 amide bonds. The Labute approximate surface area is 135 Å². The van der Waals surface area contributed by atoms with E-state index >= 15 is 0 Å². The predicted molar refractivity (Wildman–Crippen MR) is 92.1 cm³/mol. The maximum Gasteiger partial charge on any atom is 0.188 e. The van der Waals surface area contributed by atoms with Gasteiger partial charge in [-0.25, -0.2) is 0 Å². The Kier molecular flexibility index (Phi) is 8.27. The standard InChI is InChI=1S/C14H29N3O.HI/c1-6-14(7-2)11(8-12(14)18-5)17-13(15)16-9-10(3)4;/h10-12H,6-9H2,1-5H3,(H3,15,16,17);1H. The van der Waals surface area contributed by atoms with Crippen LogP contribution in [0.4, 0.5) is 0 Å². The van der Waals surface area contributed by atoms with Gasteiger partial charge in [-0.2, -0.15) is 0 Å². The van der Waals surface area contributed by atoms with Crippen LogP contribution >= 0.6 is 24.0 Å². The van der Waals surface area contributed by atoms with Crippen molar-refractivity contribution in [3.8, 4) is 0 Å². The molecule has 0 saturated heterocycles. The molecule has 19 heavy (non-hydrogen) atoms. The fourth-order valence-electron chi connectivity index (χ4n) is 2.98. The van der Waals surface area contributed by atoms with Gasteiger partial charge in [0.25, 0.3) is 0 Å². The van der Waals surface area contributed by atoms with Gasteiger partial charge in [0, 0.05) is 25.1 Å². The number of halogens is 1. The van der Waals surface area contributed by atoms with Crippen LogP contribution in [-0.2, 0) is 4.74 Å². The van der Waals surface area contributed by atoms with Crippen molar-refractivity contribution in [2.75, 3.05) is 13.7 Å². The van der Waals surface area contributed by atoms with Gasteiger partial charge in [0.2, 0.25) is 0 Å². The first kappa shape index (κ1) is 19.0. The highest BCUT2D eigenvalue weighted by Gasteiger charge is 2.53. The summed E-state index contributed by atoms with van der Waals surface area (Å²) >= 11 is 0. The van der Waals surface area contributed by atoms with Gasteiger partial charge >= 0.3 is 0 Å². The molecule has 0 aromatic rings. The molecule has 0 bridgehead atoms. The Morgan fingerprint density at radius 1 is 1.42 bits per heavy atom. The van der Waals surface area contributed by atoms with Crippen molar-refractivity contribution >= 4 is 29.9 Å². The second-order valence-electron chi connectivity index (χ2n) is 5.72. The highest BCUT2D eigenvalue weighted by atomic mass is 127.